The van der Waals surface area contributed by atoms with Crippen molar-refractivity contribution in [1.82, 2.24) is 15.5 Å². The Balaban J connectivity index is 1.64. The number of piperidine rings is 1. The van der Waals surface area contributed by atoms with E-state index in [2.05, 4.69) is 22.5 Å². The molecule has 0 aromatic rings. The van der Waals surface area contributed by atoms with Gasteiger partial charge >= 0.3 is 0 Å². The molecule has 2 aliphatic rings. The van der Waals surface area contributed by atoms with E-state index in [0.29, 0.717) is 24.7 Å². The van der Waals surface area contributed by atoms with Crippen LogP contribution in [0.5, 0.6) is 0 Å². The Morgan fingerprint density at radius 1 is 1.29 bits per heavy atom. The predicted octanol–water partition coefficient (Wildman–Crippen LogP) is 0.837. The van der Waals surface area contributed by atoms with Gasteiger partial charge in [0.25, 0.3) is 0 Å². The molecule has 21 heavy (non-hydrogen) atoms. The fourth-order valence-electron chi connectivity index (χ4n) is 3.68. The first kappa shape index (κ1) is 16.7. The van der Waals surface area contributed by atoms with E-state index >= 15 is 0 Å². The van der Waals surface area contributed by atoms with Crippen LogP contribution >= 0.6 is 0 Å². The van der Waals surface area contributed by atoms with Gasteiger partial charge in [-0.15, -0.1) is 0 Å². The van der Waals surface area contributed by atoms with Gasteiger partial charge in [0.2, 0.25) is 5.91 Å². The van der Waals surface area contributed by atoms with Crippen LogP contribution < -0.4 is 16.4 Å². The highest BCUT2D eigenvalue weighted by Crippen LogP contribution is 2.15. The number of rotatable bonds is 6. The summed E-state index contributed by atoms with van der Waals surface area (Å²) in [6.07, 6.45) is 8.87. The van der Waals surface area contributed by atoms with Crippen molar-refractivity contribution in [1.29, 1.82) is 0 Å². The minimum atomic E-state index is -0.214. The summed E-state index contributed by atoms with van der Waals surface area (Å²) in [7, 11) is 0. The first-order chi connectivity index (χ1) is 10.1. The molecular formula is C16H32N4O. The van der Waals surface area contributed by atoms with E-state index in [1.807, 2.05) is 0 Å². The molecule has 122 valence electrons. The van der Waals surface area contributed by atoms with Crippen molar-refractivity contribution in [3.8, 4) is 0 Å². The standard InChI is InChI=1S/C16H32N4O/c1-13(11-15-5-3-2-4-8-18-15)19-14-6-9-20(10-7-14)12-16(17)21/h13-15,18-19H,2-12H2,1H3,(H2,17,21). The molecule has 2 fully saturated rings. The number of carbonyl (C=O) groups is 1. The van der Waals surface area contributed by atoms with Crippen LogP contribution in [0.1, 0.15) is 51.9 Å². The molecule has 2 aliphatic heterocycles. The maximum atomic E-state index is 10.9. The van der Waals surface area contributed by atoms with E-state index in [1.54, 1.807) is 0 Å². The number of primary amides is 1. The molecule has 0 radical (unpaired) electrons. The molecule has 2 saturated heterocycles. The Hall–Kier alpha value is -0.650. The third-order valence-corrected chi connectivity index (χ3v) is 4.79. The molecule has 5 nitrogen and oxygen atoms in total. The van der Waals surface area contributed by atoms with Crippen molar-refractivity contribution < 1.29 is 4.79 Å². The lowest BCUT2D eigenvalue weighted by molar-refractivity contribution is -0.119. The van der Waals surface area contributed by atoms with Crippen molar-refractivity contribution in [2.75, 3.05) is 26.2 Å². The summed E-state index contributed by atoms with van der Waals surface area (Å²) < 4.78 is 0. The van der Waals surface area contributed by atoms with Crippen LogP contribution in [0.3, 0.4) is 0 Å². The number of likely N-dealkylation sites (tertiary alicyclic amines) is 1. The highest BCUT2D eigenvalue weighted by Gasteiger charge is 2.22. The van der Waals surface area contributed by atoms with Crippen LogP contribution in [-0.4, -0.2) is 55.1 Å². The van der Waals surface area contributed by atoms with Gasteiger partial charge in [0.1, 0.15) is 0 Å². The van der Waals surface area contributed by atoms with E-state index in [-0.39, 0.29) is 5.91 Å². The minimum absolute atomic E-state index is 0.214. The summed E-state index contributed by atoms with van der Waals surface area (Å²) in [5, 5.41) is 7.46. The SMILES string of the molecule is CC(CC1CCCCCN1)NC1CCN(CC(N)=O)CC1. The van der Waals surface area contributed by atoms with E-state index in [4.69, 9.17) is 5.73 Å². The Morgan fingerprint density at radius 3 is 2.76 bits per heavy atom. The fraction of sp³-hybridized carbons (Fsp3) is 0.938. The first-order valence-corrected chi connectivity index (χ1v) is 8.63. The Bertz CT molecular complexity index is 307. The van der Waals surface area contributed by atoms with Gasteiger partial charge in [-0.3, -0.25) is 9.69 Å². The number of nitrogens with two attached hydrogens (primary N) is 1. The third-order valence-electron chi connectivity index (χ3n) is 4.79. The monoisotopic (exact) mass is 296 g/mol. The van der Waals surface area contributed by atoms with Gasteiger partial charge in [-0.05, 0) is 45.6 Å². The third kappa shape index (κ3) is 6.32. The zero-order valence-electron chi connectivity index (χ0n) is 13.4. The number of carbonyl (C=O) groups excluding carboxylic acids is 1. The lowest BCUT2D eigenvalue weighted by atomic mass is 10.00. The second-order valence-corrected chi connectivity index (χ2v) is 6.82. The zero-order valence-corrected chi connectivity index (χ0v) is 13.4. The summed E-state index contributed by atoms with van der Waals surface area (Å²) in [5.74, 6) is -0.214. The number of amides is 1. The van der Waals surface area contributed by atoms with Gasteiger partial charge in [-0.2, -0.15) is 0 Å². The molecule has 0 saturated carbocycles. The van der Waals surface area contributed by atoms with Crippen LogP contribution in [0.25, 0.3) is 0 Å². The average Bonchev–Trinajstić information content (AvgIpc) is 2.69. The van der Waals surface area contributed by atoms with Gasteiger partial charge in [0.05, 0.1) is 6.54 Å². The second-order valence-electron chi connectivity index (χ2n) is 6.82. The summed E-state index contributed by atoms with van der Waals surface area (Å²) in [4.78, 5) is 13.1. The largest absolute Gasteiger partial charge is 0.369 e. The van der Waals surface area contributed by atoms with Crippen molar-refractivity contribution in [2.24, 2.45) is 5.73 Å². The molecule has 0 aliphatic carbocycles. The molecule has 5 heteroatoms. The maximum absolute atomic E-state index is 10.9. The van der Waals surface area contributed by atoms with Crippen LogP contribution in [0.2, 0.25) is 0 Å². The molecule has 1 amide bonds. The van der Waals surface area contributed by atoms with E-state index in [9.17, 15) is 4.79 Å². The van der Waals surface area contributed by atoms with Gasteiger partial charge in [0, 0.05) is 31.2 Å². The summed E-state index contributed by atoms with van der Waals surface area (Å²) in [6.45, 7) is 5.86. The molecule has 0 aromatic carbocycles. The molecule has 2 heterocycles. The van der Waals surface area contributed by atoms with Gasteiger partial charge < -0.3 is 16.4 Å². The molecule has 2 rings (SSSR count). The summed E-state index contributed by atoms with van der Waals surface area (Å²) >= 11 is 0. The van der Waals surface area contributed by atoms with Crippen LogP contribution in [0.4, 0.5) is 0 Å². The molecule has 0 bridgehead atoms. The summed E-state index contributed by atoms with van der Waals surface area (Å²) in [5.41, 5.74) is 5.25. The molecule has 0 aromatic heterocycles. The quantitative estimate of drug-likeness (QED) is 0.679. The van der Waals surface area contributed by atoms with Crippen molar-refractivity contribution >= 4 is 5.91 Å². The molecule has 2 atom stereocenters. The van der Waals surface area contributed by atoms with Gasteiger partial charge in [0.15, 0.2) is 0 Å². The van der Waals surface area contributed by atoms with E-state index in [0.717, 1.165) is 25.9 Å². The highest BCUT2D eigenvalue weighted by molar-refractivity contribution is 5.75. The minimum Gasteiger partial charge on any atom is -0.369 e. The Kier molecular flexibility index (Phi) is 6.93. The fourth-order valence-corrected chi connectivity index (χ4v) is 3.68. The van der Waals surface area contributed by atoms with Crippen molar-refractivity contribution in [2.45, 2.75) is 70.0 Å². The average molecular weight is 296 g/mol. The van der Waals surface area contributed by atoms with E-state index < -0.39 is 0 Å². The molecule has 0 spiro atoms. The maximum Gasteiger partial charge on any atom is 0.231 e. The van der Waals surface area contributed by atoms with Crippen LogP contribution in [-0.2, 0) is 4.79 Å². The molecule has 4 N–H and O–H groups in total. The number of hydrogen-bond donors (Lipinski definition) is 3. The molecule has 2 unspecified atom stereocenters. The Labute approximate surface area is 129 Å². The summed E-state index contributed by atoms with van der Waals surface area (Å²) in [6, 6.07) is 1.84. The first-order valence-electron chi connectivity index (χ1n) is 8.63. The predicted molar refractivity (Wildman–Crippen MR) is 86.1 cm³/mol. The Morgan fingerprint density at radius 2 is 2.05 bits per heavy atom. The molecular weight excluding hydrogens is 264 g/mol. The zero-order chi connectivity index (χ0) is 15.1. The van der Waals surface area contributed by atoms with E-state index in [1.165, 1.54) is 38.6 Å². The van der Waals surface area contributed by atoms with Crippen LogP contribution in [0.15, 0.2) is 0 Å². The van der Waals surface area contributed by atoms with Crippen LogP contribution in [0, 0.1) is 0 Å². The van der Waals surface area contributed by atoms with Crippen molar-refractivity contribution in [3.63, 3.8) is 0 Å². The van der Waals surface area contributed by atoms with Gasteiger partial charge in [-0.1, -0.05) is 12.8 Å². The smallest absolute Gasteiger partial charge is 0.231 e. The lowest BCUT2D eigenvalue weighted by Crippen LogP contribution is -2.48. The van der Waals surface area contributed by atoms with Crippen molar-refractivity contribution in [3.05, 3.63) is 0 Å². The normalized spacial score (nSPS) is 27.2. The number of nitrogens with one attached hydrogen (secondary N) is 2. The highest BCUT2D eigenvalue weighted by atomic mass is 16.1. The topological polar surface area (TPSA) is 70.4 Å². The van der Waals surface area contributed by atoms with Gasteiger partial charge in [-0.25, -0.2) is 0 Å². The number of hydrogen-bond acceptors (Lipinski definition) is 4. The number of nitrogens with zero attached hydrogens (tertiary/aromatic N) is 1. The lowest BCUT2D eigenvalue weighted by Gasteiger charge is -2.34. The second kappa shape index (κ2) is 8.71.